The second kappa shape index (κ2) is 9.13. The Labute approximate surface area is 191 Å². The highest BCUT2D eigenvalue weighted by Gasteiger charge is 2.14. The summed E-state index contributed by atoms with van der Waals surface area (Å²) in [5, 5.41) is 3.79. The number of hydrogen-bond acceptors (Lipinski definition) is 4. The molecule has 0 saturated carbocycles. The van der Waals surface area contributed by atoms with E-state index in [1.54, 1.807) is 24.7 Å². The minimum Gasteiger partial charge on any atom is -0.322 e. The van der Waals surface area contributed by atoms with Crippen LogP contribution in [0.2, 0.25) is 0 Å². The summed E-state index contributed by atoms with van der Waals surface area (Å²) in [6.45, 7) is 0. The number of anilines is 1. The molecule has 1 amide bonds. The van der Waals surface area contributed by atoms with Gasteiger partial charge in [0.1, 0.15) is 5.69 Å². The number of nitrogens with zero attached hydrogens (tertiary/aromatic N) is 3. The van der Waals surface area contributed by atoms with E-state index in [0.29, 0.717) is 22.6 Å². The van der Waals surface area contributed by atoms with Crippen LogP contribution in [0.25, 0.3) is 22.2 Å². The minimum atomic E-state index is -0.214. The molecule has 0 aliphatic carbocycles. The number of amides is 1. The first-order valence-electron chi connectivity index (χ1n) is 10.4. The summed E-state index contributed by atoms with van der Waals surface area (Å²) in [6, 6.07) is 26.2. The maximum atomic E-state index is 13.3. The Kier molecular flexibility index (Phi) is 5.56. The molecule has 3 aromatic heterocycles. The SMILES string of the molecule is O=C(Nc1cccc(C#Cc2ccccn2)c1)c1cc(-c2cccnc2)nc2ccccc12. The van der Waals surface area contributed by atoms with Crippen LogP contribution in [0.1, 0.15) is 21.6 Å². The van der Waals surface area contributed by atoms with E-state index in [9.17, 15) is 4.79 Å². The molecule has 0 atom stereocenters. The number of carbonyl (C=O) groups excluding carboxylic acids is 1. The molecular weight excluding hydrogens is 408 g/mol. The second-order valence-corrected chi connectivity index (χ2v) is 7.31. The highest BCUT2D eigenvalue weighted by molar-refractivity contribution is 6.13. The number of benzene rings is 2. The molecule has 0 unspecified atom stereocenters. The number of para-hydroxylation sites is 1. The van der Waals surface area contributed by atoms with E-state index < -0.39 is 0 Å². The number of rotatable bonds is 3. The van der Waals surface area contributed by atoms with Crippen molar-refractivity contribution in [2.75, 3.05) is 5.32 Å². The standard InChI is InChI=1S/C28H18N4O/c33-28(31-23-10-5-7-20(17-23)13-14-22-9-3-4-16-30-22)25-18-27(21-8-6-15-29-19-21)32-26-12-2-1-11-24(25)26/h1-12,15-19H,(H,31,33). The van der Waals surface area contributed by atoms with Gasteiger partial charge in [0.2, 0.25) is 0 Å². The van der Waals surface area contributed by atoms with Gasteiger partial charge in [-0.05, 0) is 60.5 Å². The third-order valence-electron chi connectivity index (χ3n) is 5.04. The molecule has 5 rings (SSSR count). The first kappa shape index (κ1) is 20.1. The highest BCUT2D eigenvalue weighted by atomic mass is 16.1. The Balaban J connectivity index is 1.47. The largest absolute Gasteiger partial charge is 0.322 e. The van der Waals surface area contributed by atoms with Crippen LogP contribution < -0.4 is 5.32 Å². The molecule has 2 aromatic carbocycles. The molecule has 5 aromatic rings. The molecule has 0 fully saturated rings. The van der Waals surface area contributed by atoms with Gasteiger partial charge >= 0.3 is 0 Å². The molecular formula is C28H18N4O. The zero-order chi connectivity index (χ0) is 22.5. The van der Waals surface area contributed by atoms with Gasteiger partial charge in [-0.25, -0.2) is 9.97 Å². The van der Waals surface area contributed by atoms with Crippen LogP contribution in [-0.2, 0) is 0 Å². The average molecular weight is 426 g/mol. The van der Waals surface area contributed by atoms with E-state index in [4.69, 9.17) is 4.98 Å². The zero-order valence-corrected chi connectivity index (χ0v) is 17.6. The highest BCUT2D eigenvalue weighted by Crippen LogP contribution is 2.25. The minimum absolute atomic E-state index is 0.214. The van der Waals surface area contributed by atoms with Crippen LogP contribution in [0.15, 0.2) is 104 Å². The molecule has 5 heteroatoms. The summed E-state index contributed by atoms with van der Waals surface area (Å²) < 4.78 is 0. The van der Waals surface area contributed by atoms with Crippen molar-refractivity contribution < 1.29 is 4.79 Å². The second-order valence-electron chi connectivity index (χ2n) is 7.31. The van der Waals surface area contributed by atoms with E-state index >= 15 is 0 Å². The van der Waals surface area contributed by atoms with Gasteiger partial charge in [-0.2, -0.15) is 0 Å². The van der Waals surface area contributed by atoms with E-state index in [1.807, 2.05) is 78.9 Å². The fourth-order valence-electron chi connectivity index (χ4n) is 3.47. The van der Waals surface area contributed by atoms with Crippen LogP contribution in [0.4, 0.5) is 5.69 Å². The van der Waals surface area contributed by atoms with Gasteiger partial charge in [0.05, 0.1) is 16.8 Å². The van der Waals surface area contributed by atoms with Gasteiger partial charge in [0, 0.05) is 40.8 Å². The summed E-state index contributed by atoms with van der Waals surface area (Å²) in [4.78, 5) is 26.4. The van der Waals surface area contributed by atoms with Crippen molar-refractivity contribution in [2.24, 2.45) is 0 Å². The van der Waals surface area contributed by atoms with Crippen molar-refractivity contribution in [3.05, 3.63) is 120 Å². The topological polar surface area (TPSA) is 67.8 Å². The number of carbonyl (C=O) groups is 1. The summed E-state index contributed by atoms with van der Waals surface area (Å²) in [5.41, 5.74) is 4.98. The predicted octanol–water partition coefficient (Wildman–Crippen LogP) is 5.34. The van der Waals surface area contributed by atoms with Crippen molar-refractivity contribution in [2.45, 2.75) is 0 Å². The van der Waals surface area contributed by atoms with E-state index in [2.05, 4.69) is 27.1 Å². The van der Waals surface area contributed by atoms with Crippen molar-refractivity contribution in [1.82, 2.24) is 15.0 Å². The Morgan fingerprint density at radius 1 is 0.818 bits per heavy atom. The fraction of sp³-hybridized carbons (Fsp3) is 0. The molecule has 0 bridgehead atoms. The van der Waals surface area contributed by atoms with Crippen LogP contribution in [0, 0.1) is 11.8 Å². The summed E-state index contributed by atoms with van der Waals surface area (Å²) >= 11 is 0. The van der Waals surface area contributed by atoms with E-state index in [0.717, 1.165) is 22.0 Å². The van der Waals surface area contributed by atoms with Gasteiger partial charge in [-0.3, -0.25) is 9.78 Å². The Morgan fingerprint density at radius 3 is 2.58 bits per heavy atom. The lowest BCUT2D eigenvalue weighted by Crippen LogP contribution is -2.13. The lowest BCUT2D eigenvalue weighted by molar-refractivity contribution is 0.102. The first-order valence-corrected chi connectivity index (χ1v) is 10.4. The average Bonchev–Trinajstić information content (AvgIpc) is 2.88. The number of nitrogens with one attached hydrogen (secondary N) is 1. The first-order chi connectivity index (χ1) is 16.3. The summed E-state index contributed by atoms with van der Waals surface area (Å²) in [5.74, 6) is 5.91. The van der Waals surface area contributed by atoms with Crippen LogP contribution in [0.3, 0.4) is 0 Å². The molecule has 0 radical (unpaired) electrons. The van der Waals surface area contributed by atoms with Gasteiger partial charge in [-0.1, -0.05) is 36.3 Å². The van der Waals surface area contributed by atoms with Gasteiger partial charge in [-0.15, -0.1) is 0 Å². The number of fused-ring (bicyclic) bond motifs is 1. The van der Waals surface area contributed by atoms with Crippen LogP contribution in [0.5, 0.6) is 0 Å². The van der Waals surface area contributed by atoms with Gasteiger partial charge < -0.3 is 5.32 Å². The van der Waals surface area contributed by atoms with Gasteiger partial charge in [0.15, 0.2) is 0 Å². The third-order valence-corrected chi connectivity index (χ3v) is 5.04. The van der Waals surface area contributed by atoms with E-state index in [-0.39, 0.29) is 5.91 Å². The maximum absolute atomic E-state index is 13.3. The van der Waals surface area contributed by atoms with Crippen molar-refractivity contribution >= 4 is 22.5 Å². The molecule has 0 aliphatic heterocycles. The number of aromatic nitrogens is 3. The molecule has 0 aliphatic rings. The van der Waals surface area contributed by atoms with Crippen molar-refractivity contribution in [3.63, 3.8) is 0 Å². The molecule has 5 nitrogen and oxygen atoms in total. The fourth-order valence-corrected chi connectivity index (χ4v) is 3.47. The molecule has 156 valence electrons. The zero-order valence-electron chi connectivity index (χ0n) is 17.6. The molecule has 0 saturated heterocycles. The van der Waals surface area contributed by atoms with Crippen LogP contribution in [-0.4, -0.2) is 20.9 Å². The maximum Gasteiger partial charge on any atom is 0.256 e. The lowest BCUT2D eigenvalue weighted by Gasteiger charge is -2.11. The Hall–Kier alpha value is -4.82. The molecule has 33 heavy (non-hydrogen) atoms. The predicted molar refractivity (Wildman–Crippen MR) is 130 cm³/mol. The Morgan fingerprint density at radius 2 is 1.73 bits per heavy atom. The van der Waals surface area contributed by atoms with Crippen LogP contribution >= 0.6 is 0 Å². The Bertz CT molecular complexity index is 1500. The molecule has 0 spiro atoms. The molecule has 3 heterocycles. The smallest absolute Gasteiger partial charge is 0.256 e. The van der Waals surface area contributed by atoms with E-state index in [1.165, 1.54) is 0 Å². The lowest BCUT2D eigenvalue weighted by atomic mass is 10.0. The number of hydrogen-bond donors (Lipinski definition) is 1. The summed E-state index contributed by atoms with van der Waals surface area (Å²) in [7, 11) is 0. The molecule has 1 N–H and O–H groups in total. The normalized spacial score (nSPS) is 10.3. The van der Waals surface area contributed by atoms with Crippen molar-refractivity contribution in [3.8, 4) is 23.1 Å². The van der Waals surface area contributed by atoms with Gasteiger partial charge in [0.25, 0.3) is 5.91 Å². The third kappa shape index (κ3) is 4.60. The monoisotopic (exact) mass is 426 g/mol. The van der Waals surface area contributed by atoms with Crippen molar-refractivity contribution in [1.29, 1.82) is 0 Å². The quantitative estimate of drug-likeness (QED) is 0.395. The summed E-state index contributed by atoms with van der Waals surface area (Å²) in [6.07, 6.45) is 5.16. The number of pyridine rings is 3.